The van der Waals surface area contributed by atoms with Crippen molar-refractivity contribution in [1.29, 1.82) is 5.26 Å². The fraction of sp³-hybridized carbons (Fsp3) is 0.400. The molecule has 0 aliphatic carbocycles. The molecule has 250 valence electrons. The first-order chi connectivity index (χ1) is 22.6. The third kappa shape index (κ3) is 5.77. The highest BCUT2D eigenvalue weighted by Crippen LogP contribution is 2.48. The molecule has 3 aromatic heterocycles. The Labute approximate surface area is 277 Å². The Morgan fingerprint density at radius 3 is 2.33 bits per heavy atom. The first kappa shape index (κ1) is 32.7. The van der Waals surface area contributed by atoms with Crippen molar-refractivity contribution in [3.05, 3.63) is 78.0 Å². The molecule has 4 aromatic rings. The van der Waals surface area contributed by atoms with Crippen LogP contribution in [0.2, 0.25) is 0 Å². The smallest absolute Gasteiger partial charge is 0.405 e. The van der Waals surface area contributed by atoms with Gasteiger partial charge in [0.15, 0.2) is 0 Å². The molecule has 7 rings (SSSR count). The zero-order valence-corrected chi connectivity index (χ0v) is 27.5. The maximum atomic E-state index is 14.5. The Balaban J connectivity index is 1.26. The molecule has 2 bridgehead atoms. The highest BCUT2D eigenvalue weighted by atomic mass is 19.1. The van der Waals surface area contributed by atoms with Crippen LogP contribution in [0.25, 0.3) is 16.6 Å². The predicted octanol–water partition coefficient (Wildman–Crippen LogP) is 4.38. The zero-order valence-electron chi connectivity index (χ0n) is 27.5. The molecule has 6 heterocycles. The van der Waals surface area contributed by atoms with Gasteiger partial charge in [0.05, 0.1) is 41.2 Å². The number of amides is 2. The minimum Gasteiger partial charge on any atom is -0.489 e. The molecular weight excluding hydrogens is 617 g/mol. The zero-order chi connectivity index (χ0) is 34.6. The molecule has 0 radical (unpaired) electrons. The van der Waals surface area contributed by atoms with Gasteiger partial charge in [0.2, 0.25) is 5.60 Å². The number of halogens is 1. The molecule has 3 aliphatic rings. The number of nitrogens with two attached hydrogens (primary N) is 1. The lowest BCUT2D eigenvalue weighted by molar-refractivity contribution is -0.181. The number of hydrogen-bond acceptors (Lipinski definition) is 9. The number of benzene rings is 1. The molecule has 3 N–H and O–H groups in total. The predicted molar refractivity (Wildman–Crippen MR) is 174 cm³/mol. The van der Waals surface area contributed by atoms with Crippen molar-refractivity contribution in [2.45, 2.75) is 64.3 Å². The van der Waals surface area contributed by atoms with E-state index < -0.39 is 34.4 Å². The van der Waals surface area contributed by atoms with Crippen molar-refractivity contribution in [2.24, 2.45) is 11.1 Å². The summed E-state index contributed by atoms with van der Waals surface area (Å²) < 4.78 is 27.0. The topological polar surface area (TPSA) is 159 Å². The standard InChI is InChI=1S/C35H38FN7O5/c1-33(2,3)35(48-32(38)45,23-7-9-24(36)10-8-23)31(44)43-25-12-26(43)18-41(17-25)29-11-6-21(15-39-29)28-13-27(47-20-34(4,5)46)19-42-30(28)22(14-37)16-40-42/h6-11,13,15-16,19,25-26,46H,12,17-18,20H2,1-5H3,(H2,38,45)/t25?,26?,35-/m1/s1. The van der Waals surface area contributed by atoms with E-state index in [9.17, 15) is 24.3 Å². The second-order valence-electron chi connectivity index (χ2n) is 14.1. The summed E-state index contributed by atoms with van der Waals surface area (Å²) in [5.74, 6) is 0.322. The van der Waals surface area contributed by atoms with Gasteiger partial charge < -0.3 is 30.1 Å². The number of nitriles is 1. The quantitative estimate of drug-likeness (QED) is 0.281. The number of fused-ring (bicyclic) bond motifs is 3. The molecule has 1 aromatic carbocycles. The number of aliphatic hydroxyl groups is 1. The van der Waals surface area contributed by atoms with Gasteiger partial charge in [0.25, 0.3) is 5.91 Å². The summed E-state index contributed by atoms with van der Waals surface area (Å²) in [5, 5.41) is 24.2. The molecule has 3 saturated heterocycles. The molecule has 3 atom stereocenters. The van der Waals surface area contributed by atoms with Crippen LogP contribution < -0.4 is 15.4 Å². The summed E-state index contributed by atoms with van der Waals surface area (Å²) in [6.45, 7) is 9.73. The van der Waals surface area contributed by atoms with Gasteiger partial charge in [-0.15, -0.1) is 0 Å². The molecule has 12 nitrogen and oxygen atoms in total. The first-order valence-electron chi connectivity index (χ1n) is 15.7. The van der Waals surface area contributed by atoms with Gasteiger partial charge in [-0.1, -0.05) is 32.9 Å². The average molecular weight is 656 g/mol. The molecule has 48 heavy (non-hydrogen) atoms. The minimum atomic E-state index is -1.77. The lowest BCUT2D eigenvalue weighted by atomic mass is 9.69. The van der Waals surface area contributed by atoms with Gasteiger partial charge in [-0.05, 0) is 50.6 Å². The molecule has 3 fully saturated rings. The Morgan fingerprint density at radius 2 is 1.77 bits per heavy atom. The van der Waals surface area contributed by atoms with Crippen LogP contribution in [0.1, 0.15) is 52.2 Å². The van der Waals surface area contributed by atoms with Crippen LogP contribution in [0.5, 0.6) is 5.75 Å². The van der Waals surface area contributed by atoms with Crippen LogP contribution in [0.4, 0.5) is 15.0 Å². The van der Waals surface area contributed by atoms with Crippen molar-refractivity contribution >= 4 is 23.3 Å². The number of piperidine rings is 1. The Hall–Kier alpha value is -5.22. The van der Waals surface area contributed by atoms with Crippen molar-refractivity contribution in [2.75, 3.05) is 24.6 Å². The molecule has 0 saturated carbocycles. The molecule has 0 spiro atoms. The van der Waals surface area contributed by atoms with Crippen LogP contribution >= 0.6 is 0 Å². The maximum Gasteiger partial charge on any atom is 0.405 e. The third-order valence-electron chi connectivity index (χ3n) is 8.97. The van der Waals surface area contributed by atoms with Gasteiger partial charge in [0.1, 0.15) is 30.1 Å². The van der Waals surface area contributed by atoms with E-state index in [0.717, 1.165) is 12.0 Å². The lowest BCUT2D eigenvalue weighted by Crippen LogP contribution is -2.74. The number of primary amides is 1. The number of carbonyl (C=O) groups excluding carboxylic acids is 2. The van der Waals surface area contributed by atoms with E-state index in [-0.39, 0.29) is 18.7 Å². The van der Waals surface area contributed by atoms with Crippen LogP contribution in [-0.4, -0.2) is 74.0 Å². The van der Waals surface area contributed by atoms with Crippen molar-refractivity contribution in [3.8, 4) is 22.9 Å². The number of aromatic nitrogens is 3. The number of piperazine rings is 1. The summed E-state index contributed by atoms with van der Waals surface area (Å²) in [6, 6.07) is 12.8. The molecule has 2 amide bonds. The highest BCUT2D eigenvalue weighted by molar-refractivity contribution is 5.91. The van der Waals surface area contributed by atoms with Gasteiger partial charge in [0, 0.05) is 41.4 Å². The monoisotopic (exact) mass is 655 g/mol. The molecule has 13 heteroatoms. The van der Waals surface area contributed by atoms with Crippen LogP contribution in [0, 0.1) is 22.6 Å². The highest BCUT2D eigenvalue weighted by Gasteiger charge is 2.60. The number of ether oxygens (including phenoxy) is 2. The summed E-state index contributed by atoms with van der Waals surface area (Å²) in [5.41, 5.74) is 4.60. The van der Waals surface area contributed by atoms with Crippen molar-refractivity contribution < 1.29 is 28.6 Å². The number of anilines is 1. The number of pyridine rings is 2. The number of rotatable bonds is 8. The van der Waals surface area contributed by atoms with E-state index in [0.29, 0.717) is 46.9 Å². The fourth-order valence-corrected chi connectivity index (χ4v) is 6.75. The minimum absolute atomic E-state index is 0.0632. The third-order valence-corrected chi connectivity index (χ3v) is 8.97. The van der Waals surface area contributed by atoms with E-state index in [4.69, 9.17) is 20.2 Å². The summed E-state index contributed by atoms with van der Waals surface area (Å²) >= 11 is 0. The molecule has 3 aliphatic heterocycles. The SMILES string of the molecule is CC(C)(O)COc1cc(-c2ccc(N3CC4CC(C3)N4C(=O)[C@](OC(N)=O)(c3ccc(F)cc3)C(C)(C)C)nc2)c2c(C#N)cnn2c1. The first-order valence-corrected chi connectivity index (χ1v) is 15.7. The van der Waals surface area contributed by atoms with Gasteiger partial charge in [-0.3, -0.25) is 4.79 Å². The largest absolute Gasteiger partial charge is 0.489 e. The number of nitrogens with zero attached hydrogens (tertiary/aromatic N) is 6. The van der Waals surface area contributed by atoms with Crippen LogP contribution in [0.15, 0.2) is 61.1 Å². The summed E-state index contributed by atoms with van der Waals surface area (Å²) in [6.07, 6.45) is 4.56. The van der Waals surface area contributed by atoms with E-state index >= 15 is 0 Å². The normalized spacial score (nSPS) is 18.9. The lowest BCUT2D eigenvalue weighted by Gasteiger charge is -2.59. The van der Waals surface area contributed by atoms with Gasteiger partial charge >= 0.3 is 6.09 Å². The van der Waals surface area contributed by atoms with E-state index in [1.165, 1.54) is 30.5 Å². The van der Waals surface area contributed by atoms with Gasteiger partial charge in [-0.2, -0.15) is 10.4 Å². The van der Waals surface area contributed by atoms with Crippen LogP contribution in [-0.2, 0) is 15.1 Å². The van der Waals surface area contributed by atoms with Gasteiger partial charge in [-0.25, -0.2) is 18.7 Å². The Kier molecular flexibility index (Phi) is 8.03. The summed E-state index contributed by atoms with van der Waals surface area (Å²) in [4.78, 5) is 35.3. The average Bonchev–Trinajstić information content (AvgIpc) is 3.45. The molecule has 2 unspecified atom stereocenters. The number of carbonyl (C=O) groups is 2. The van der Waals surface area contributed by atoms with E-state index in [1.54, 1.807) is 62.5 Å². The van der Waals surface area contributed by atoms with E-state index in [1.807, 2.05) is 12.1 Å². The Bertz CT molecular complexity index is 1900. The second-order valence-corrected chi connectivity index (χ2v) is 14.1. The molecular formula is C35H38FN7O5. The fourth-order valence-electron chi connectivity index (χ4n) is 6.75. The summed E-state index contributed by atoms with van der Waals surface area (Å²) in [7, 11) is 0. The maximum absolute atomic E-state index is 14.5. The second kappa shape index (κ2) is 11.8. The van der Waals surface area contributed by atoms with Crippen LogP contribution in [0.3, 0.4) is 0 Å². The van der Waals surface area contributed by atoms with E-state index in [2.05, 4.69) is 16.1 Å². The Morgan fingerprint density at radius 1 is 1.08 bits per heavy atom. The van der Waals surface area contributed by atoms with Crippen molar-refractivity contribution in [1.82, 2.24) is 19.5 Å². The van der Waals surface area contributed by atoms with Crippen molar-refractivity contribution in [3.63, 3.8) is 0 Å². The number of hydrogen-bond donors (Lipinski definition) is 2.